The van der Waals surface area contributed by atoms with E-state index in [1.54, 1.807) is 13.2 Å². The Bertz CT molecular complexity index is 526. The minimum absolute atomic E-state index is 0.0680. The second-order valence-electron chi connectivity index (χ2n) is 5.73. The van der Waals surface area contributed by atoms with Gasteiger partial charge in [-0.05, 0) is 25.7 Å². The molecule has 2 fully saturated rings. The number of aromatic amines is 1. The Hall–Kier alpha value is -1.40. The van der Waals surface area contributed by atoms with Gasteiger partial charge in [0.25, 0.3) is 5.56 Å². The SMILES string of the molecule is COC1CCN(c2cc(=O)[nH]c(C3CC3)n2)C(CN)C1. The van der Waals surface area contributed by atoms with Gasteiger partial charge in [-0.25, -0.2) is 4.98 Å². The summed E-state index contributed by atoms with van der Waals surface area (Å²) < 4.78 is 5.43. The van der Waals surface area contributed by atoms with Crippen molar-refractivity contribution in [2.75, 3.05) is 25.1 Å². The van der Waals surface area contributed by atoms with E-state index >= 15 is 0 Å². The van der Waals surface area contributed by atoms with Crippen LogP contribution in [0.5, 0.6) is 0 Å². The predicted octanol–water partition coefficient (Wildman–Crippen LogP) is 0.590. The first-order chi connectivity index (χ1) is 9.71. The molecule has 2 heterocycles. The first kappa shape index (κ1) is 13.6. The van der Waals surface area contributed by atoms with Crippen LogP contribution in [0.4, 0.5) is 5.82 Å². The van der Waals surface area contributed by atoms with Crippen LogP contribution in [0.2, 0.25) is 0 Å². The predicted molar refractivity (Wildman–Crippen MR) is 77.1 cm³/mol. The number of hydrogen-bond acceptors (Lipinski definition) is 5. The number of methoxy groups -OCH3 is 1. The minimum Gasteiger partial charge on any atom is -0.381 e. The Morgan fingerprint density at radius 1 is 1.50 bits per heavy atom. The van der Waals surface area contributed by atoms with Crippen LogP contribution < -0.4 is 16.2 Å². The number of hydrogen-bond donors (Lipinski definition) is 2. The molecular weight excluding hydrogens is 256 g/mol. The lowest BCUT2D eigenvalue weighted by atomic mass is 9.99. The van der Waals surface area contributed by atoms with Crippen molar-refractivity contribution < 1.29 is 4.74 Å². The number of nitrogens with one attached hydrogen (secondary N) is 1. The van der Waals surface area contributed by atoms with E-state index in [-0.39, 0.29) is 17.7 Å². The summed E-state index contributed by atoms with van der Waals surface area (Å²) in [7, 11) is 1.74. The number of piperidine rings is 1. The molecule has 3 rings (SSSR count). The van der Waals surface area contributed by atoms with Crippen molar-refractivity contribution in [1.29, 1.82) is 0 Å². The van der Waals surface area contributed by atoms with E-state index in [4.69, 9.17) is 10.5 Å². The number of anilines is 1. The van der Waals surface area contributed by atoms with E-state index in [0.717, 1.165) is 43.9 Å². The highest BCUT2D eigenvalue weighted by molar-refractivity contribution is 5.40. The third-order valence-corrected chi connectivity index (χ3v) is 4.28. The Balaban J connectivity index is 1.85. The zero-order chi connectivity index (χ0) is 14.1. The Morgan fingerprint density at radius 2 is 2.30 bits per heavy atom. The fourth-order valence-corrected chi connectivity index (χ4v) is 2.91. The molecule has 0 bridgehead atoms. The van der Waals surface area contributed by atoms with Gasteiger partial charge in [-0.15, -0.1) is 0 Å². The van der Waals surface area contributed by atoms with Gasteiger partial charge >= 0.3 is 0 Å². The second-order valence-corrected chi connectivity index (χ2v) is 5.73. The van der Waals surface area contributed by atoms with Gasteiger partial charge in [0.1, 0.15) is 11.6 Å². The lowest BCUT2D eigenvalue weighted by molar-refractivity contribution is 0.0708. The van der Waals surface area contributed by atoms with Gasteiger partial charge in [0, 0.05) is 38.2 Å². The van der Waals surface area contributed by atoms with E-state index in [1.165, 1.54) is 0 Å². The zero-order valence-corrected chi connectivity index (χ0v) is 11.8. The van der Waals surface area contributed by atoms with Gasteiger partial charge in [0.2, 0.25) is 0 Å². The second kappa shape index (κ2) is 5.54. The summed E-state index contributed by atoms with van der Waals surface area (Å²) in [6.45, 7) is 1.38. The molecule has 6 heteroatoms. The Morgan fingerprint density at radius 3 is 2.95 bits per heavy atom. The van der Waals surface area contributed by atoms with Crippen LogP contribution in [0.25, 0.3) is 0 Å². The molecule has 1 aromatic heterocycles. The van der Waals surface area contributed by atoms with Crippen LogP contribution in [0.15, 0.2) is 10.9 Å². The number of nitrogens with zero attached hydrogens (tertiary/aromatic N) is 2. The van der Waals surface area contributed by atoms with Crippen molar-refractivity contribution in [2.45, 2.75) is 43.7 Å². The maximum absolute atomic E-state index is 11.8. The number of aromatic nitrogens is 2. The molecule has 1 aromatic rings. The molecule has 3 N–H and O–H groups in total. The fourth-order valence-electron chi connectivity index (χ4n) is 2.91. The molecule has 2 atom stereocenters. The molecule has 2 aliphatic rings. The molecule has 110 valence electrons. The van der Waals surface area contributed by atoms with E-state index in [1.807, 2.05) is 0 Å². The van der Waals surface area contributed by atoms with Crippen LogP contribution >= 0.6 is 0 Å². The lowest BCUT2D eigenvalue weighted by Gasteiger charge is -2.39. The van der Waals surface area contributed by atoms with E-state index < -0.39 is 0 Å². The summed E-state index contributed by atoms with van der Waals surface area (Å²) in [5.74, 6) is 2.04. The molecule has 1 saturated carbocycles. The first-order valence-corrected chi connectivity index (χ1v) is 7.32. The summed E-state index contributed by atoms with van der Waals surface area (Å²) in [6.07, 6.45) is 4.34. The van der Waals surface area contributed by atoms with Crippen molar-refractivity contribution in [3.63, 3.8) is 0 Å². The number of H-pyrrole nitrogens is 1. The summed E-state index contributed by atoms with van der Waals surface area (Å²) in [5.41, 5.74) is 5.82. The van der Waals surface area contributed by atoms with Gasteiger partial charge in [-0.3, -0.25) is 4.79 Å². The summed E-state index contributed by atoms with van der Waals surface area (Å²) >= 11 is 0. The largest absolute Gasteiger partial charge is 0.381 e. The minimum atomic E-state index is -0.0680. The van der Waals surface area contributed by atoms with E-state index in [0.29, 0.717) is 12.5 Å². The van der Waals surface area contributed by atoms with Gasteiger partial charge in [0.15, 0.2) is 0 Å². The first-order valence-electron chi connectivity index (χ1n) is 7.32. The standard InChI is InChI=1S/C14H22N4O2/c1-20-11-4-5-18(10(6-11)8-15)12-7-13(19)17-14(16-12)9-2-3-9/h7,9-11H,2-6,8,15H2,1H3,(H,16,17,19). The van der Waals surface area contributed by atoms with Crippen molar-refractivity contribution in [1.82, 2.24) is 9.97 Å². The Kier molecular flexibility index (Phi) is 3.76. The number of ether oxygens (including phenoxy) is 1. The van der Waals surface area contributed by atoms with Gasteiger partial charge < -0.3 is 20.4 Å². The number of rotatable bonds is 4. The van der Waals surface area contributed by atoms with Crippen molar-refractivity contribution in [3.8, 4) is 0 Å². The van der Waals surface area contributed by atoms with Crippen molar-refractivity contribution >= 4 is 5.82 Å². The van der Waals surface area contributed by atoms with Crippen molar-refractivity contribution in [3.05, 3.63) is 22.2 Å². The molecule has 0 amide bonds. The molecule has 0 spiro atoms. The van der Waals surface area contributed by atoms with Gasteiger partial charge in [0.05, 0.1) is 6.10 Å². The molecule has 0 radical (unpaired) electrons. The van der Waals surface area contributed by atoms with Gasteiger partial charge in [-0.1, -0.05) is 0 Å². The van der Waals surface area contributed by atoms with Crippen LogP contribution in [0, 0.1) is 0 Å². The van der Waals surface area contributed by atoms with Crippen LogP contribution in [-0.2, 0) is 4.74 Å². The molecule has 2 unspecified atom stereocenters. The maximum atomic E-state index is 11.8. The van der Waals surface area contributed by atoms with Crippen LogP contribution in [0.3, 0.4) is 0 Å². The molecule has 1 aliphatic heterocycles. The smallest absolute Gasteiger partial charge is 0.252 e. The molecular formula is C14H22N4O2. The number of nitrogens with two attached hydrogens (primary N) is 1. The van der Waals surface area contributed by atoms with E-state index in [2.05, 4.69) is 14.9 Å². The average Bonchev–Trinajstić information content (AvgIpc) is 3.30. The molecule has 20 heavy (non-hydrogen) atoms. The quantitative estimate of drug-likeness (QED) is 0.842. The van der Waals surface area contributed by atoms with Crippen molar-refractivity contribution in [2.24, 2.45) is 5.73 Å². The molecule has 6 nitrogen and oxygen atoms in total. The fraction of sp³-hybridized carbons (Fsp3) is 0.714. The third kappa shape index (κ3) is 2.71. The highest BCUT2D eigenvalue weighted by Crippen LogP contribution is 2.38. The highest BCUT2D eigenvalue weighted by atomic mass is 16.5. The normalized spacial score (nSPS) is 26.8. The van der Waals surface area contributed by atoms with Gasteiger partial charge in [-0.2, -0.15) is 0 Å². The van der Waals surface area contributed by atoms with E-state index in [9.17, 15) is 4.79 Å². The molecule has 1 aliphatic carbocycles. The zero-order valence-electron chi connectivity index (χ0n) is 11.8. The highest BCUT2D eigenvalue weighted by Gasteiger charge is 2.31. The average molecular weight is 278 g/mol. The van der Waals surface area contributed by atoms with Crippen LogP contribution in [-0.4, -0.2) is 42.3 Å². The Labute approximate surface area is 118 Å². The third-order valence-electron chi connectivity index (χ3n) is 4.28. The summed E-state index contributed by atoms with van der Waals surface area (Å²) in [6, 6.07) is 1.77. The monoisotopic (exact) mass is 278 g/mol. The molecule has 1 saturated heterocycles. The lowest BCUT2D eigenvalue weighted by Crippen LogP contribution is -2.49. The molecule has 0 aromatic carbocycles. The maximum Gasteiger partial charge on any atom is 0.252 e. The summed E-state index contributed by atoms with van der Waals surface area (Å²) in [5, 5.41) is 0. The van der Waals surface area contributed by atoms with Crippen LogP contribution in [0.1, 0.15) is 37.4 Å². The topological polar surface area (TPSA) is 84.2 Å². The summed E-state index contributed by atoms with van der Waals surface area (Å²) in [4.78, 5) is 21.5.